The quantitative estimate of drug-likeness (QED) is 0.0510. The molecule has 0 unspecified atom stereocenters. The minimum absolute atomic E-state index is 0.300. The third-order valence-electron chi connectivity index (χ3n) is 10.4. The Labute approximate surface area is 434 Å². The average molecular weight is 1030 g/mol. The Bertz CT molecular complexity index is 1500. The van der Waals surface area contributed by atoms with Gasteiger partial charge in [0.15, 0.2) is 13.2 Å². The lowest BCUT2D eigenvalue weighted by molar-refractivity contribution is -0.140. The van der Waals surface area contributed by atoms with E-state index in [9.17, 15) is 9.59 Å². The highest BCUT2D eigenvalue weighted by molar-refractivity contribution is 6.36. The summed E-state index contributed by atoms with van der Waals surface area (Å²) in [5.74, 6) is -1.47. The second-order valence-corrected chi connectivity index (χ2v) is 19.3. The molecule has 0 aliphatic heterocycles. The van der Waals surface area contributed by atoms with Crippen LogP contribution >= 0.6 is 46.4 Å². The van der Waals surface area contributed by atoms with Crippen molar-refractivity contribution >= 4 is 58.3 Å². The number of benzene rings is 2. The molecule has 68 heavy (non-hydrogen) atoms. The Morgan fingerprint density at radius 2 is 0.750 bits per heavy atom. The summed E-state index contributed by atoms with van der Waals surface area (Å²) in [4.78, 5) is 24.9. The number of aliphatic carboxylic acids is 2. The smallest absolute Gasteiger partial charge is 0.341 e. The summed E-state index contributed by atoms with van der Waals surface area (Å²) in [6.07, 6.45) is 49.7. The van der Waals surface area contributed by atoms with E-state index in [0.717, 1.165) is 6.42 Å². The van der Waals surface area contributed by atoms with Crippen LogP contribution in [0.2, 0.25) is 20.1 Å². The van der Waals surface area contributed by atoms with Gasteiger partial charge >= 0.3 is 11.9 Å². The Hall–Kier alpha value is -2.72. The van der Waals surface area contributed by atoms with Crippen LogP contribution in [0.1, 0.15) is 181 Å². The molecular weight excluding hydrogens is 938 g/mol. The van der Waals surface area contributed by atoms with Gasteiger partial charge in [-0.2, -0.15) is 0 Å². The Morgan fingerprint density at radius 3 is 1.07 bits per heavy atom. The van der Waals surface area contributed by atoms with Crippen molar-refractivity contribution in [1.29, 1.82) is 0 Å². The molecule has 0 bridgehead atoms. The van der Waals surface area contributed by atoms with Crippen molar-refractivity contribution in [2.24, 2.45) is 0 Å². The molecule has 2 aromatic carbocycles. The lowest BCUT2D eigenvalue weighted by Crippen LogP contribution is -2.12. The molecule has 0 spiro atoms. The molecule has 0 fully saturated rings. The summed E-state index contributed by atoms with van der Waals surface area (Å²) in [6.45, 7) is 6.21. The number of unbranched alkanes of at least 4 members (excludes halogenated alkanes) is 21. The zero-order valence-corrected chi connectivity index (χ0v) is 46.1. The highest BCUT2D eigenvalue weighted by Crippen LogP contribution is 2.28. The largest absolute Gasteiger partial charge is 0.480 e. The zero-order valence-electron chi connectivity index (χ0n) is 43.1. The highest BCUT2D eigenvalue weighted by atomic mass is 35.5. The number of rotatable bonds is 37. The normalized spacial score (nSPS) is 11.1. The van der Waals surface area contributed by atoms with Gasteiger partial charge in [-0.25, -0.2) is 9.59 Å². The van der Waals surface area contributed by atoms with Crippen LogP contribution < -0.4 is 9.47 Å². The van der Waals surface area contributed by atoms with Crippen molar-refractivity contribution in [3.8, 4) is 11.5 Å². The molecule has 390 valence electrons. The molecule has 0 radical (unpaired) electrons. The van der Waals surface area contributed by atoms with E-state index in [0.29, 0.717) is 31.6 Å². The number of nitrogens with zero attached hydrogens (tertiary/aromatic N) is 2. The van der Waals surface area contributed by atoms with Crippen molar-refractivity contribution in [2.45, 2.75) is 181 Å². The number of ether oxygens (including phenoxy) is 2. The van der Waals surface area contributed by atoms with Crippen LogP contribution in [-0.2, 0) is 9.59 Å². The molecule has 0 atom stereocenters. The summed E-state index contributed by atoms with van der Waals surface area (Å²) in [5.41, 5.74) is 0. The Morgan fingerprint density at radius 1 is 0.456 bits per heavy atom. The first-order valence-electron chi connectivity index (χ1n) is 25.6. The number of halogens is 4. The first-order chi connectivity index (χ1) is 32.7. The standard InChI is InChI=1S/C20H41N.C20H39N.2C8H6Cl2O3/c2*1-4-5-6-7-8-9-10-11-12-13-14-15-16-17-18-19-20-21(2)3;2*9-5-1-2-7(6(10)3-5)13-4-8(11)12/h11-12H,4-10,13-20H2,1-3H3;8-9,11-12H,4-7,10,13-20H2,1-3H3;2*1-3H,4H2,(H,11,12)/b12-11-;9-8-,12-11-;;. The molecule has 0 amide bonds. The fraction of sp³-hybridized carbons (Fsp3) is 0.643. The Kier molecular flexibility index (Phi) is 50.2. The highest BCUT2D eigenvalue weighted by Gasteiger charge is 2.05. The predicted octanol–water partition coefficient (Wildman–Crippen LogP) is 17.9. The van der Waals surface area contributed by atoms with E-state index in [2.05, 4.69) is 88.3 Å². The van der Waals surface area contributed by atoms with Gasteiger partial charge in [0, 0.05) is 10.0 Å². The topological polar surface area (TPSA) is 99.5 Å². The van der Waals surface area contributed by atoms with Crippen molar-refractivity contribution in [3.05, 3.63) is 92.9 Å². The van der Waals surface area contributed by atoms with E-state index < -0.39 is 25.2 Å². The average Bonchev–Trinajstić information content (AvgIpc) is 3.28. The van der Waals surface area contributed by atoms with Gasteiger partial charge in [0.05, 0.1) is 10.0 Å². The van der Waals surface area contributed by atoms with Gasteiger partial charge in [0.1, 0.15) is 11.5 Å². The molecule has 0 aromatic heterocycles. The van der Waals surface area contributed by atoms with Crippen molar-refractivity contribution in [2.75, 3.05) is 54.5 Å². The molecular formula is C56H92Cl4N2O6. The molecule has 2 aromatic rings. The van der Waals surface area contributed by atoms with Crippen LogP contribution in [-0.4, -0.2) is 86.4 Å². The summed E-state index contributed by atoms with van der Waals surface area (Å²) in [7, 11) is 8.65. The summed E-state index contributed by atoms with van der Waals surface area (Å²) < 4.78 is 9.73. The number of carboxylic acids is 2. The van der Waals surface area contributed by atoms with Gasteiger partial charge in [-0.1, -0.05) is 193 Å². The SMILES string of the molecule is CCCCC/C=C\C/C=C\CCCCCCCCN(C)C.CCCCCCCC/C=C\CCCCCCCCN(C)C.O=C(O)COc1ccc(Cl)cc1Cl.O=C(O)COc1ccc(Cl)cc1Cl. The van der Waals surface area contributed by atoms with E-state index in [1.54, 1.807) is 12.1 Å². The van der Waals surface area contributed by atoms with Gasteiger partial charge in [0.25, 0.3) is 0 Å². The van der Waals surface area contributed by atoms with Crippen LogP contribution in [0.25, 0.3) is 0 Å². The Balaban J connectivity index is 0. The van der Waals surface area contributed by atoms with Gasteiger partial charge in [-0.15, -0.1) is 0 Å². The second kappa shape index (κ2) is 50.7. The van der Waals surface area contributed by atoms with Crippen LogP contribution in [0.15, 0.2) is 72.9 Å². The third kappa shape index (κ3) is 51.1. The lowest BCUT2D eigenvalue weighted by atomic mass is 10.1. The molecule has 0 heterocycles. The van der Waals surface area contributed by atoms with E-state index in [1.807, 2.05) is 0 Å². The van der Waals surface area contributed by atoms with Crippen LogP contribution in [0.3, 0.4) is 0 Å². The molecule has 0 saturated heterocycles. The number of hydrogen-bond acceptors (Lipinski definition) is 6. The van der Waals surface area contributed by atoms with Crippen LogP contribution in [0.4, 0.5) is 0 Å². The first kappa shape index (κ1) is 67.4. The maximum absolute atomic E-state index is 10.2. The monoisotopic (exact) mass is 1030 g/mol. The zero-order chi connectivity index (χ0) is 50.9. The third-order valence-corrected chi connectivity index (χ3v) is 11.5. The fourth-order valence-corrected chi connectivity index (χ4v) is 7.48. The van der Waals surface area contributed by atoms with Crippen molar-refractivity contribution < 1.29 is 29.3 Å². The van der Waals surface area contributed by atoms with E-state index in [1.165, 1.54) is 198 Å². The lowest BCUT2D eigenvalue weighted by Gasteiger charge is -2.08. The van der Waals surface area contributed by atoms with Gasteiger partial charge in [-0.05, 0) is 148 Å². The van der Waals surface area contributed by atoms with Crippen molar-refractivity contribution in [3.63, 3.8) is 0 Å². The number of carbonyl (C=O) groups is 2. The number of hydrogen-bond donors (Lipinski definition) is 2. The van der Waals surface area contributed by atoms with E-state index >= 15 is 0 Å². The van der Waals surface area contributed by atoms with Gasteiger partial charge < -0.3 is 29.5 Å². The molecule has 0 aliphatic carbocycles. The minimum Gasteiger partial charge on any atom is -0.480 e. The van der Waals surface area contributed by atoms with E-state index in [-0.39, 0.29) is 0 Å². The van der Waals surface area contributed by atoms with Crippen molar-refractivity contribution in [1.82, 2.24) is 9.80 Å². The molecule has 0 saturated carbocycles. The van der Waals surface area contributed by atoms with E-state index in [4.69, 9.17) is 66.1 Å². The van der Waals surface area contributed by atoms with Gasteiger partial charge in [-0.3, -0.25) is 0 Å². The molecule has 2 N–H and O–H groups in total. The summed E-state index contributed by atoms with van der Waals surface area (Å²) in [5, 5.41) is 18.2. The number of allylic oxidation sites excluding steroid dienone is 6. The molecule has 8 nitrogen and oxygen atoms in total. The maximum atomic E-state index is 10.2. The summed E-state index contributed by atoms with van der Waals surface area (Å²) in [6, 6.07) is 9.16. The van der Waals surface area contributed by atoms with Gasteiger partial charge in [0.2, 0.25) is 0 Å². The van der Waals surface area contributed by atoms with Crippen LogP contribution in [0.5, 0.6) is 11.5 Å². The second-order valence-electron chi connectivity index (χ2n) is 17.6. The maximum Gasteiger partial charge on any atom is 0.341 e. The fourth-order valence-electron chi connectivity index (χ4n) is 6.56. The van der Waals surface area contributed by atoms with Crippen LogP contribution in [0, 0.1) is 0 Å². The number of carboxylic acid groups (broad SMARTS) is 2. The predicted molar refractivity (Wildman–Crippen MR) is 295 cm³/mol. The molecule has 2 rings (SSSR count). The summed E-state index contributed by atoms with van der Waals surface area (Å²) >= 11 is 22.7. The molecule has 12 heteroatoms. The first-order valence-corrected chi connectivity index (χ1v) is 27.1. The minimum atomic E-state index is -1.05. The molecule has 0 aliphatic rings.